The summed E-state index contributed by atoms with van der Waals surface area (Å²) in [6.45, 7) is 0. The first kappa shape index (κ1) is 17.0. The number of ether oxygens (including phenoxy) is 1. The maximum atomic E-state index is 5.12. The Hall–Kier alpha value is -2.37. The van der Waals surface area contributed by atoms with E-state index < -0.39 is 0 Å². The van der Waals surface area contributed by atoms with Crippen molar-refractivity contribution in [1.82, 2.24) is 4.98 Å². The molecule has 2 aromatic carbocycles. The molecule has 0 amide bonds. The average Bonchev–Trinajstić information content (AvgIpc) is 3.05. The number of halogens is 1. The van der Waals surface area contributed by atoms with Gasteiger partial charge in [-0.1, -0.05) is 30.3 Å². The molecule has 1 heterocycles. The second-order valence-corrected chi connectivity index (χ2v) is 5.41. The van der Waals surface area contributed by atoms with Crippen LogP contribution < -0.4 is 10.2 Å². The van der Waals surface area contributed by atoms with Gasteiger partial charge in [0.15, 0.2) is 0 Å². The summed E-state index contributed by atoms with van der Waals surface area (Å²) in [7, 11) is 1.65. The molecule has 118 valence electrons. The second kappa shape index (κ2) is 8.31. The van der Waals surface area contributed by atoms with Crippen molar-refractivity contribution < 1.29 is 4.74 Å². The Morgan fingerprint density at radius 1 is 1.09 bits per heavy atom. The monoisotopic (exact) mass is 345 g/mol. The van der Waals surface area contributed by atoms with Crippen molar-refractivity contribution in [3.8, 4) is 17.0 Å². The highest BCUT2D eigenvalue weighted by Crippen LogP contribution is 2.24. The Morgan fingerprint density at radius 3 is 2.52 bits per heavy atom. The number of methoxy groups -OCH3 is 1. The summed E-state index contributed by atoms with van der Waals surface area (Å²) in [4.78, 5) is 4.51. The van der Waals surface area contributed by atoms with E-state index in [4.69, 9.17) is 4.74 Å². The first-order valence-electron chi connectivity index (χ1n) is 6.79. The minimum atomic E-state index is 0. The Kier molecular flexibility index (Phi) is 6.14. The van der Waals surface area contributed by atoms with Crippen LogP contribution in [0, 0.1) is 0 Å². The summed E-state index contributed by atoms with van der Waals surface area (Å²) in [5.41, 5.74) is 6.01. The lowest BCUT2D eigenvalue weighted by Gasteiger charge is -1.99. The number of rotatable bonds is 5. The molecule has 1 aromatic heterocycles. The van der Waals surface area contributed by atoms with E-state index in [1.807, 2.05) is 60.0 Å². The molecule has 0 saturated heterocycles. The molecule has 1 N–H and O–H groups in total. The Labute approximate surface area is 145 Å². The normalized spacial score (nSPS) is 10.3. The van der Waals surface area contributed by atoms with Gasteiger partial charge in [0.2, 0.25) is 5.13 Å². The minimum Gasteiger partial charge on any atom is -0.497 e. The summed E-state index contributed by atoms with van der Waals surface area (Å²) >= 11 is 1.53. The Morgan fingerprint density at radius 2 is 1.83 bits per heavy atom. The number of hydrogen-bond acceptors (Lipinski definition) is 5. The fourth-order valence-electron chi connectivity index (χ4n) is 1.92. The molecular weight excluding hydrogens is 330 g/mol. The fraction of sp³-hybridized carbons (Fsp3) is 0.0588. The van der Waals surface area contributed by atoms with Crippen LogP contribution in [0.4, 0.5) is 5.13 Å². The number of hydrazone groups is 1. The van der Waals surface area contributed by atoms with E-state index >= 15 is 0 Å². The highest BCUT2D eigenvalue weighted by atomic mass is 35.5. The van der Waals surface area contributed by atoms with E-state index in [1.54, 1.807) is 13.3 Å². The summed E-state index contributed by atoms with van der Waals surface area (Å²) in [6, 6.07) is 17.8. The quantitative estimate of drug-likeness (QED) is 0.539. The third-order valence-electron chi connectivity index (χ3n) is 3.06. The average molecular weight is 346 g/mol. The molecule has 0 aliphatic carbocycles. The third kappa shape index (κ3) is 4.55. The van der Waals surface area contributed by atoms with Gasteiger partial charge in [0.25, 0.3) is 0 Å². The van der Waals surface area contributed by atoms with E-state index in [9.17, 15) is 0 Å². The van der Waals surface area contributed by atoms with Gasteiger partial charge >= 0.3 is 0 Å². The molecule has 4 nitrogen and oxygen atoms in total. The SMILES string of the molecule is COc1ccc(/C=N/Nc2nc(-c3ccccc3)cs2)cc1.Cl. The summed E-state index contributed by atoms with van der Waals surface area (Å²) < 4.78 is 5.12. The number of nitrogens with zero attached hydrogens (tertiary/aromatic N) is 2. The van der Waals surface area contributed by atoms with Crippen LogP contribution in [0.2, 0.25) is 0 Å². The molecule has 3 rings (SSSR count). The van der Waals surface area contributed by atoms with Crippen LogP contribution in [0.3, 0.4) is 0 Å². The predicted molar refractivity (Wildman–Crippen MR) is 99.0 cm³/mol. The number of anilines is 1. The van der Waals surface area contributed by atoms with Gasteiger partial charge in [-0.2, -0.15) is 5.10 Å². The van der Waals surface area contributed by atoms with Gasteiger partial charge in [-0.05, 0) is 29.8 Å². The summed E-state index contributed by atoms with van der Waals surface area (Å²) in [6.07, 6.45) is 1.75. The van der Waals surface area contributed by atoms with Crippen molar-refractivity contribution in [3.05, 3.63) is 65.5 Å². The van der Waals surface area contributed by atoms with Gasteiger partial charge in [-0.3, -0.25) is 5.43 Å². The zero-order valence-corrected chi connectivity index (χ0v) is 14.1. The lowest BCUT2D eigenvalue weighted by molar-refractivity contribution is 0.415. The zero-order valence-electron chi connectivity index (χ0n) is 12.5. The summed E-state index contributed by atoms with van der Waals surface area (Å²) in [5, 5.41) is 6.99. The standard InChI is InChI=1S/C17H15N3OS.ClH/c1-21-15-9-7-13(8-10-15)11-18-20-17-19-16(12-22-17)14-5-3-2-4-6-14;/h2-12H,1H3,(H,19,20);1H/b18-11+;. The highest BCUT2D eigenvalue weighted by molar-refractivity contribution is 7.14. The minimum absolute atomic E-state index is 0. The molecule has 0 atom stereocenters. The van der Waals surface area contributed by atoms with Crippen LogP contribution in [0.5, 0.6) is 5.75 Å². The van der Waals surface area contributed by atoms with Crippen molar-refractivity contribution in [3.63, 3.8) is 0 Å². The van der Waals surface area contributed by atoms with E-state index in [-0.39, 0.29) is 12.4 Å². The van der Waals surface area contributed by atoms with Crippen molar-refractivity contribution in [1.29, 1.82) is 0 Å². The summed E-state index contributed by atoms with van der Waals surface area (Å²) in [5.74, 6) is 0.831. The molecule has 0 bridgehead atoms. The maximum absolute atomic E-state index is 5.12. The Balaban J connectivity index is 0.00000192. The lowest BCUT2D eigenvalue weighted by Crippen LogP contribution is -1.90. The van der Waals surface area contributed by atoms with Crippen molar-refractivity contribution in [2.75, 3.05) is 12.5 Å². The molecule has 0 fully saturated rings. The van der Waals surface area contributed by atoms with E-state index in [1.165, 1.54) is 11.3 Å². The van der Waals surface area contributed by atoms with Crippen LogP contribution >= 0.6 is 23.7 Å². The van der Waals surface area contributed by atoms with Crippen molar-refractivity contribution >= 4 is 35.1 Å². The third-order valence-corrected chi connectivity index (χ3v) is 3.81. The smallest absolute Gasteiger partial charge is 0.203 e. The molecule has 0 aliphatic rings. The molecule has 0 saturated carbocycles. The van der Waals surface area contributed by atoms with E-state index in [0.29, 0.717) is 0 Å². The number of aromatic nitrogens is 1. The first-order valence-corrected chi connectivity index (χ1v) is 7.67. The largest absolute Gasteiger partial charge is 0.497 e. The Bertz CT molecular complexity index is 757. The van der Waals surface area contributed by atoms with Crippen LogP contribution in [0.15, 0.2) is 65.1 Å². The molecule has 23 heavy (non-hydrogen) atoms. The molecule has 0 aliphatic heterocycles. The maximum Gasteiger partial charge on any atom is 0.203 e. The van der Waals surface area contributed by atoms with Gasteiger partial charge in [0.05, 0.1) is 19.0 Å². The molecule has 3 aromatic rings. The van der Waals surface area contributed by atoms with Crippen LogP contribution in [0.1, 0.15) is 5.56 Å². The van der Waals surface area contributed by atoms with Gasteiger partial charge in [-0.15, -0.1) is 23.7 Å². The van der Waals surface area contributed by atoms with Crippen LogP contribution in [-0.2, 0) is 0 Å². The molecule has 0 radical (unpaired) electrons. The van der Waals surface area contributed by atoms with Gasteiger partial charge in [-0.25, -0.2) is 4.98 Å². The number of thiazole rings is 1. The highest BCUT2D eigenvalue weighted by Gasteiger charge is 2.02. The van der Waals surface area contributed by atoms with Gasteiger partial charge in [0, 0.05) is 10.9 Å². The van der Waals surface area contributed by atoms with Crippen LogP contribution in [-0.4, -0.2) is 18.3 Å². The number of benzene rings is 2. The first-order chi connectivity index (χ1) is 10.8. The molecule has 0 spiro atoms. The fourth-order valence-corrected chi connectivity index (χ4v) is 2.59. The number of hydrogen-bond donors (Lipinski definition) is 1. The van der Waals surface area contributed by atoms with Crippen molar-refractivity contribution in [2.24, 2.45) is 5.10 Å². The molecular formula is C17H16ClN3OS. The van der Waals surface area contributed by atoms with Gasteiger partial charge < -0.3 is 4.74 Å². The lowest BCUT2D eigenvalue weighted by atomic mass is 10.2. The van der Waals surface area contributed by atoms with E-state index in [0.717, 1.165) is 27.7 Å². The molecule has 0 unspecified atom stereocenters. The molecule has 6 heteroatoms. The van der Waals surface area contributed by atoms with E-state index in [2.05, 4.69) is 15.5 Å². The van der Waals surface area contributed by atoms with Crippen molar-refractivity contribution in [2.45, 2.75) is 0 Å². The van der Waals surface area contributed by atoms with Gasteiger partial charge in [0.1, 0.15) is 5.75 Å². The second-order valence-electron chi connectivity index (χ2n) is 4.55. The predicted octanol–water partition coefficient (Wildman–Crippen LogP) is 4.69. The number of nitrogens with one attached hydrogen (secondary N) is 1. The van der Waals surface area contributed by atoms with Crippen LogP contribution in [0.25, 0.3) is 11.3 Å². The topological polar surface area (TPSA) is 46.5 Å². The zero-order chi connectivity index (χ0) is 15.2.